The Morgan fingerprint density at radius 2 is 2.09 bits per heavy atom. The van der Waals surface area contributed by atoms with Crippen molar-refractivity contribution >= 4 is 17.5 Å². The lowest BCUT2D eigenvalue weighted by molar-refractivity contribution is 0.102. The number of aromatic amines is 1. The van der Waals surface area contributed by atoms with Gasteiger partial charge in [-0.25, -0.2) is 9.89 Å². The Hall–Kier alpha value is -1.82. The van der Waals surface area contributed by atoms with Crippen molar-refractivity contribution in [3.05, 3.63) is 45.9 Å². The third-order valence-electron chi connectivity index (χ3n) is 4.33. The van der Waals surface area contributed by atoms with Gasteiger partial charge in [-0.15, -0.1) is 5.10 Å². The van der Waals surface area contributed by atoms with E-state index in [-0.39, 0.29) is 17.5 Å². The summed E-state index contributed by atoms with van der Waals surface area (Å²) in [5.41, 5.74) is 1.78. The summed E-state index contributed by atoms with van der Waals surface area (Å²) in [6.07, 6.45) is 3.11. The summed E-state index contributed by atoms with van der Waals surface area (Å²) in [4.78, 5) is 24.0. The molecule has 1 atom stereocenters. The third-order valence-corrected chi connectivity index (χ3v) is 5.28. The molecule has 1 fully saturated rings. The number of Topliss-reactive ketones (excluding diaryl/α,β-unsaturated/α-hetero) is 1. The van der Waals surface area contributed by atoms with E-state index in [4.69, 9.17) is 0 Å². The highest BCUT2D eigenvalue weighted by Gasteiger charge is 2.28. The predicted octanol–water partition coefficient (Wildman–Crippen LogP) is 3.39. The lowest BCUT2D eigenvalue weighted by atomic mass is 9.97. The second kappa shape index (κ2) is 6.74. The largest absolute Gasteiger partial charge is 0.344 e. The standard InChI is InChI=1S/C17H21N3O2S/c1-3-11(2)12-4-6-13(7-5-12)15(21)10-23-17-19-18-16(22)20(17)14-8-9-14/h4-7,11,14H,3,8-10H2,1-2H3,(H,18,22)/t11-/m1/s1. The van der Waals surface area contributed by atoms with Gasteiger partial charge in [0.1, 0.15) is 0 Å². The van der Waals surface area contributed by atoms with Crippen molar-refractivity contribution in [1.29, 1.82) is 0 Å². The SMILES string of the molecule is CC[C@@H](C)c1ccc(C(=O)CSc2n[nH]c(=O)n2C2CC2)cc1. The van der Waals surface area contributed by atoms with Gasteiger partial charge in [0.05, 0.1) is 5.75 Å². The fraction of sp³-hybridized carbons (Fsp3) is 0.471. The maximum absolute atomic E-state index is 12.3. The number of nitrogens with one attached hydrogen (secondary N) is 1. The number of hydrogen-bond donors (Lipinski definition) is 1. The molecular formula is C17H21N3O2S. The third kappa shape index (κ3) is 3.58. The number of rotatable bonds is 7. The number of thioether (sulfide) groups is 1. The molecule has 5 nitrogen and oxygen atoms in total. The summed E-state index contributed by atoms with van der Waals surface area (Å²) in [5.74, 6) is 0.855. The lowest BCUT2D eigenvalue weighted by Gasteiger charge is -2.09. The van der Waals surface area contributed by atoms with Gasteiger partial charge in [-0.1, -0.05) is 49.9 Å². The molecular weight excluding hydrogens is 310 g/mol. The normalized spacial score (nSPS) is 15.6. The zero-order valence-corrected chi connectivity index (χ0v) is 14.2. The van der Waals surface area contributed by atoms with Crippen molar-refractivity contribution < 1.29 is 4.79 Å². The van der Waals surface area contributed by atoms with Gasteiger partial charge in [-0.3, -0.25) is 9.36 Å². The number of ketones is 1. The van der Waals surface area contributed by atoms with Crippen LogP contribution in [0.15, 0.2) is 34.2 Å². The molecule has 3 rings (SSSR count). The second-order valence-corrected chi connectivity index (χ2v) is 7.00. The Kier molecular flexibility index (Phi) is 4.71. The van der Waals surface area contributed by atoms with Crippen LogP contribution in [0.5, 0.6) is 0 Å². The molecule has 0 spiro atoms. The van der Waals surface area contributed by atoms with E-state index in [1.807, 2.05) is 24.3 Å². The van der Waals surface area contributed by atoms with Crippen LogP contribution in [0.1, 0.15) is 61.0 Å². The minimum absolute atomic E-state index is 0.0588. The molecule has 0 amide bonds. The molecule has 1 aliphatic rings. The van der Waals surface area contributed by atoms with Crippen LogP contribution in [0.2, 0.25) is 0 Å². The average molecular weight is 331 g/mol. The van der Waals surface area contributed by atoms with Gasteiger partial charge in [0.15, 0.2) is 10.9 Å². The number of carbonyl (C=O) groups excluding carboxylic acids is 1. The van der Waals surface area contributed by atoms with Gasteiger partial charge in [0.25, 0.3) is 0 Å². The van der Waals surface area contributed by atoms with Crippen LogP contribution < -0.4 is 5.69 Å². The highest BCUT2D eigenvalue weighted by Crippen LogP contribution is 2.36. The van der Waals surface area contributed by atoms with E-state index < -0.39 is 0 Å². The van der Waals surface area contributed by atoms with Crippen LogP contribution in [0.3, 0.4) is 0 Å². The molecule has 1 N–H and O–H groups in total. The first-order valence-corrected chi connectivity index (χ1v) is 9.01. The first kappa shape index (κ1) is 16.1. The summed E-state index contributed by atoms with van der Waals surface area (Å²) in [5, 5.41) is 7.11. The summed E-state index contributed by atoms with van der Waals surface area (Å²) >= 11 is 1.33. The van der Waals surface area contributed by atoms with E-state index in [0.717, 1.165) is 19.3 Å². The van der Waals surface area contributed by atoms with Crippen LogP contribution in [0.25, 0.3) is 0 Å². The van der Waals surface area contributed by atoms with Crippen molar-refractivity contribution in [2.45, 2.75) is 50.2 Å². The van der Waals surface area contributed by atoms with Crippen LogP contribution in [0.4, 0.5) is 0 Å². The number of nitrogens with zero attached hydrogens (tertiary/aromatic N) is 2. The van der Waals surface area contributed by atoms with Crippen LogP contribution in [0, 0.1) is 0 Å². The molecule has 0 aliphatic heterocycles. The summed E-state index contributed by atoms with van der Waals surface area (Å²) < 4.78 is 1.67. The Morgan fingerprint density at radius 1 is 1.39 bits per heavy atom. The summed E-state index contributed by atoms with van der Waals surface area (Å²) in [7, 11) is 0. The number of carbonyl (C=O) groups is 1. The molecule has 0 saturated heterocycles. The zero-order valence-electron chi connectivity index (χ0n) is 13.4. The Labute approximate surface area is 139 Å². The van der Waals surface area contributed by atoms with Crippen molar-refractivity contribution in [2.24, 2.45) is 0 Å². The maximum Gasteiger partial charge on any atom is 0.344 e. The monoisotopic (exact) mass is 331 g/mol. The molecule has 6 heteroatoms. The number of hydrogen-bond acceptors (Lipinski definition) is 4. The van der Waals surface area contributed by atoms with Gasteiger partial charge in [-0.2, -0.15) is 0 Å². The van der Waals surface area contributed by atoms with Gasteiger partial charge in [0, 0.05) is 11.6 Å². The van der Waals surface area contributed by atoms with Crippen LogP contribution in [-0.4, -0.2) is 26.3 Å². The van der Waals surface area contributed by atoms with Crippen molar-refractivity contribution in [1.82, 2.24) is 14.8 Å². The molecule has 23 heavy (non-hydrogen) atoms. The number of aromatic nitrogens is 3. The minimum atomic E-state index is -0.180. The van der Waals surface area contributed by atoms with Crippen molar-refractivity contribution in [3.8, 4) is 0 Å². The molecule has 1 aromatic heterocycles. The molecule has 0 unspecified atom stereocenters. The fourth-order valence-electron chi connectivity index (χ4n) is 2.49. The first-order valence-electron chi connectivity index (χ1n) is 8.03. The zero-order chi connectivity index (χ0) is 16.4. The lowest BCUT2D eigenvalue weighted by Crippen LogP contribution is -2.16. The van der Waals surface area contributed by atoms with Crippen LogP contribution in [-0.2, 0) is 0 Å². The van der Waals surface area contributed by atoms with E-state index in [2.05, 4.69) is 24.0 Å². The highest BCUT2D eigenvalue weighted by atomic mass is 32.2. The van der Waals surface area contributed by atoms with Crippen molar-refractivity contribution in [2.75, 3.05) is 5.75 Å². The molecule has 0 radical (unpaired) electrons. The Morgan fingerprint density at radius 3 is 2.70 bits per heavy atom. The molecule has 1 aromatic carbocycles. The van der Waals surface area contributed by atoms with Gasteiger partial charge in [-0.05, 0) is 30.7 Å². The Balaban J connectivity index is 1.64. The highest BCUT2D eigenvalue weighted by molar-refractivity contribution is 7.99. The molecule has 0 bridgehead atoms. The predicted molar refractivity (Wildman–Crippen MR) is 91.3 cm³/mol. The van der Waals surface area contributed by atoms with E-state index in [1.54, 1.807) is 4.57 Å². The van der Waals surface area contributed by atoms with Gasteiger partial charge in [0.2, 0.25) is 0 Å². The van der Waals surface area contributed by atoms with Crippen LogP contribution >= 0.6 is 11.8 Å². The fourth-order valence-corrected chi connectivity index (χ4v) is 3.40. The van der Waals surface area contributed by atoms with E-state index in [9.17, 15) is 9.59 Å². The van der Waals surface area contributed by atoms with Gasteiger partial charge >= 0.3 is 5.69 Å². The topological polar surface area (TPSA) is 67.8 Å². The molecule has 1 heterocycles. The van der Waals surface area contributed by atoms with E-state index in [1.165, 1.54) is 17.3 Å². The summed E-state index contributed by atoms with van der Waals surface area (Å²) in [6, 6.07) is 8.10. The first-order chi connectivity index (χ1) is 11.1. The van der Waals surface area contributed by atoms with E-state index in [0.29, 0.717) is 22.4 Å². The molecule has 1 aliphatic carbocycles. The van der Waals surface area contributed by atoms with Gasteiger partial charge < -0.3 is 0 Å². The molecule has 1 saturated carbocycles. The van der Waals surface area contributed by atoms with E-state index >= 15 is 0 Å². The second-order valence-electron chi connectivity index (χ2n) is 6.06. The molecule has 2 aromatic rings. The van der Waals surface area contributed by atoms with Crippen molar-refractivity contribution in [3.63, 3.8) is 0 Å². The summed E-state index contributed by atoms with van der Waals surface area (Å²) in [6.45, 7) is 4.34. The molecule has 122 valence electrons. The Bertz CT molecular complexity index is 744. The number of H-pyrrole nitrogens is 1. The number of benzene rings is 1. The minimum Gasteiger partial charge on any atom is -0.293 e. The maximum atomic E-state index is 12.3. The smallest absolute Gasteiger partial charge is 0.293 e. The quantitative estimate of drug-likeness (QED) is 0.624. The average Bonchev–Trinajstić information content (AvgIpc) is 3.35.